The van der Waals surface area contributed by atoms with Crippen LogP contribution in [0.3, 0.4) is 0 Å². The van der Waals surface area contributed by atoms with E-state index in [0.717, 1.165) is 15.6 Å². The number of benzene rings is 2. The fourth-order valence-electron chi connectivity index (χ4n) is 2.90. The molecule has 2 aromatic heterocycles. The van der Waals surface area contributed by atoms with Crippen molar-refractivity contribution >= 4 is 27.3 Å². The first-order valence-corrected chi connectivity index (χ1v) is 8.95. The summed E-state index contributed by atoms with van der Waals surface area (Å²) in [5.74, 6) is 0.192. The summed E-state index contributed by atoms with van der Waals surface area (Å²) in [7, 11) is 1.87. The molecule has 2 aromatic carbocycles. The van der Waals surface area contributed by atoms with Crippen molar-refractivity contribution in [3.05, 3.63) is 89.1 Å². The number of halogens is 1. The van der Waals surface area contributed by atoms with E-state index in [2.05, 4.69) is 10.3 Å². The Morgan fingerprint density at radius 3 is 2.65 bits per heavy atom. The Kier molecular flexibility index (Phi) is 4.26. The molecule has 1 N–H and O–H groups in total. The van der Waals surface area contributed by atoms with Gasteiger partial charge in [0.15, 0.2) is 0 Å². The number of aromatic nitrogens is 2. The van der Waals surface area contributed by atoms with Crippen molar-refractivity contribution in [2.75, 3.05) is 0 Å². The minimum absolute atomic E-state index is 0.177. The maximum atomic E-state index is 13.3. The van der Waals surface area contributed by atoms with Crippen LogP contribution in [0.1, 0.15) is 27.1 Å². The molecular weight excluding hydrogens is 349 g/mol. The van der Waals surface area contributed by atoms with Crippen molar-refractivity contribution in [2.24, 2.45) is 7.05 Å². The van der Waals surface area contributed by atoms with Gasteiger partial charge in [0, 0.05) is 24.1 Å². The van der Waals surface area contributed by atoms with E-state index in [4.69, 9.17) is 0 Å². The summed E-state index contributed by atoms with van der Waals surface area (Å²) >= 11 is 1.45. The Bertz CT molecular complexity index is 1040. The van der Waals surface area contributed by atoms with Gasteiger partial charge in [0.05, 0.1) is 4.88 Å². The lowest BCUT2D eigenvalue weighted by Gasteiger charge is -2.18. The Labute approximate surface area is 153 Å². The lowest BCUT2D eigenvalue weighted by Crippen LogP contribution is -2.30. The third-order valence-electron chi connectivity index (χ3n) is 4.24. The molecule has 1 atom stereocenters. The lowest BCUT2D eigenvalue weighted by molar-refractivity contribution is 0.0945. The van der Waals surface area contributed by atoms with Gasteiger partial charge in [-0.15, -0.1) is 11.3 Å². The minimum atomic E-state index is -0.465. The second kappa shape index (κ2) is 6.72. The second-order valence-electron chi connectivity index (χ2n) is 6.00. The smallest absolute Gasteiger partial charge is 0.262 e. The second-order valence-corrected chi connectivity index (χ2v) is 7.09. The van der Waals surface area contributed by atoms with Crippen molar-refractivity contribution in [1.82, 2.24) is 14.9 Å². The Morgan fingerprint density at radius 1 is 1.19 bits per heavy atom. The summed E-state index contributed by atoms with van der Waals surface area (Å²) in [4.78, 5) is 17.9. The van der Waals surface area contributed by atoms with E-state index in [9.17, 15) is 9.18 Å². The minimum Gasteiger partial charge on any atom is -0.337 e. The molecule has 0 aliphatic rings. The monoisotopic (exact) mass is 365 g/mol. The molecule has 0 spiro atoms. The molecule has 0 radical (unpaired) electrons. The molecule has 130 valence electrons. The highest BCUT2D eigenvalue weighted by Gasteiger charge is 2.22. The molecule has 0 fully saturated rings. The number of nitrogens with one attached hydrogen (secondary N) is 1. The highest BCUT2D eigenvalue weighted by molar-refractivity contribution is 7.20. The number of carbonyl (C=O) groups is 1. The zero-order chi connectivity index (χ0) is 18.1. The van der Waals surface area contributed by atoms with Crippen molar-refractivity contribution in [3.8, 4) is 0 Å². The Balaban J connectivity index is 1.69. The van der Waals surface area contributed by atoms with Crippen molar-refractivity contribution in [1.29, 1.82) is 0 Å². The number of imidazole rings is 1. The van der Waals surface area contributed by atoms with Crippen LogP contribution >= 0.6 is 11.3 Å². The van der Waals surface area contributed by atoms with E-state index in [0.29, 0.717) is 10.7 Å². The van der Waals surface area contributed by atoms with E-state index >= 15 is 0 Å². The number of amides is 1. The number of hydrogen-bond donors (Lipinski definition) is 1. The average molecular weight is 365 g/mol. The maximum Gasteiger partial charge on any atom is 0.262 e. The van der Waals surface area contributed by atoms with Crippen LogP contribution in [0.25, 0.3) is 10.1 Å². The molecule has 2 heterocycles. The number of hydrogen-bond acceptors (Lipinski definition) is 3. The van der Waals surface area contributed by atoms with Gasteiger partial charge in [-0.05, 0) is 35.2 Å². The lowest BCUT2D eigenvalue weighted by atomic mass is 10.1. The van der Waals surface area contributed by atoms with Gasteiger partial charge < -0.3 is 9.88 Å². The quantitative estimate of drug-likeness (QED) is 0.586. The Morgan fingerprint density at radius 2 is 1.96 bits per heavy atom. The van der Waals surface area contributed by atoms with E-state index in [1.165, 1.54) is 23.5 Å². The molecule has 0 saturated heterocycles. The zero-order valence-corrected chi connectivity index (χ0v) is 14.8. The van der Waals surface area contributed by atoms with Gasteiger partial charge in [0.1, 0.15) is 17.7 Å². The predicted octanol–water partition coefficient (Wildman–Crippen LogP) is 4.29. The third kappa shape index (κ3) is 3.11. The third-order valence-corrected chi connectivity index (χ3v) is 5.36. The molecule has 1 unspecified atom stereocenters. The van der Waals surface area contributed by atoms with E-state index in [-0.39, 0.29) is 11.7 Å². The first-order valence-electron chi connectivity index (χ1n) is 8.14. The summed E-state index contributed by atoms with van der Waals surface area (Å²) in [6, 6.07) is 15.4. The molecule has 1 amide bonds. The molecule has 0 aliphatic heterocycles. The van der Waals surface area contributed by atoms with Crippen LogP contribution in [0.2, 0.25) is 0 Å². The highest BCUT2D eigenvalue weighted by Crippen LogP contribution is 2.27. The predicted molar refractivity (Wildman–Crippen MR) is 101 cm³/mol. The number of nitrogens with zero attached hydrogens (tertiary/aromatic N) is 2. The number of aryl methyl sites for hydroxylation is 1. The summed E-state index contributed by atoms with van der Waals surface area (Å²) in [6.07, 6.45) is 3.49. The van der Waals surface area contributed by atoms with Crippen LogP contribution in [0.5, 0.6) is 0 Å². The molecule has 6 heteroatoms. The number of fused-ring (bicyclic) bond motifs is 1. The normalized spacial score (nSPS) is 12.2. The summed E-state index contributed by atoms with van der Waals surface area (Å²) < 4.78 is 16.2. The standard InChI is InChI=1S/C20H16FN3OS/c1-24-11-10-22-19(24)18(13-6-8-15(21)9-7-13)23-20(25)17-12-14-4-2-3-5-16(14)26-17/h2-12,18H,1H3,(H,23,25). The first-order chi connectivity index (χ1) is 12.6. The molecule has 0 aliphatic carbocycles. The highest BCUT2D eigenvalue weighted by atomic mass is 32.1. The number of rotatable bonds is 4. The van der Waals surface area contributed by atoms with Crippen molar-refractivity contribution < 1.29 is 9.18 Å². The Hall–Kier alpha value is -2.99. The van der Waals surface area contributed by atoms with E-state index in [1.807, 2.05) is 48.1 Å². The van der Waals surface area contributed by atoms with Crippen molar-refractivity contribution in [2.45, 2.75) is 6.04 Å². The van der Waals surface area contributed by atoms with Gasteiger partial charge in [0.2, 0.25) is 0 Å². The first kappa shape index (κ1) is 16.5. The molecule has 4 aromatic rings. The summed E-state index contributed by atoms with van der Waals surface area (Å²) in [6.45, 7) is 0. The van der Waals surface area contributed by atoms with Crippen LogP contribution in [0.4, 0.5) is 4.39 Å². The molecule has 0 saturated carbocycles. The van der Waals surface area contributed by atoms with Gasteiger partial charge in [0.25, 0.3) is 5.91 Å². The van der Waals surface area contributed by atoms with E-state index in [1.54, 1.807) is 18.3 Å². The van der Waals surface area contributed by atoms with Gasteiger partial charge in [-0.1, -0.05) is 30.3 Å². The largest absolute Gasteiger partial charge is 0.337 e. The topological polar surface area (TPSA) is 46.9 Å². The van der Waals surface area contributed by atoms with Crippen LogP contribution in [0, 0.1) is 5.82 Å². The average Bonchev–Trinajstić information content (AvgIpc) is 3.26. The van der Waals surface area contributed by atoms with Gasteiger partial charge in [-0.25, -0.2) is 9.37 Å². The molecular formula is C20H16FN3OS. The van der Waals surface area contributed by atoms with Gasteiger partial charge >= 0.3 is 0 Å². The molecule has 26 heavy (non-hydrogen) atoms. The molecule has 4 rings (SSSR count). The fraction of sp³-hybridized carbons (Fsp3) is 0.100. The zero-order valence-electron chi connectivity index (χ0n) is 14.0. The summed E-state index contributed by atoms with van der Waals surface area (Å²) in [5, 5.41) is 4.08. The van der Waals surface area contributed by atoms with Gasteiger partial charge in [-0.3, -0.25) is 4.79 Å². The fourth-order valence-corrected chi connectivity index (χ4v) is 3.87. The molecule has 0 bridgehead atoms. The number of carbonyl (C=O) groups excluding carboxylic acids is 1. The molecule has 4 nitrogen and oxygen atoms in total. The van der Waals surface area contributed by atoms with Crippen LogP contribution < -0.4 is 5.32 Å². The summed E-state index contributed by atoms with van der Waals surface area (Å²) in [5.41, 5.74) is 0.773. The van der Waals surface area contributed by atoms with E-state index < -0.39 is 6.04 Å². The SMILES string of the molecule is Cn1ccnc1C(NC(=O)c1cc2ccccc2s1)c1ccc(F)cc1. The van der Waals surface area contributed by atoms with Crippen molar-refractivity contribution in [3.63, 3.8) is 0 Å². The number of thiophene rings is 1. The van der Waals surface area contributed by atoms with Gasteiger partial charge in [-0.2, -0.15) is 0 Å². The van der Waals surface area contributed by atoms with Crippen LogP contribution in [-0.4, -0.2) is 15.5 Å². The van der Waals surface area contributed by atoms with Crippen LogP contribution in [0.15, 0.2) is 67.0 Å². The van der Waals surface area contributed by atoms with Crippen LogP contribution in [-0.2, 0) is 7.05 Å². The maximum absolute atomic E-state index is 13.3.